The van der Waals surface area contributed by atoms with Crippen LogP contribution in [0, 0.1) is 0 Å². The van der Waals surface area contributed by atoms with E-state index in [9.17, 15) is 4.79 Å². The minimum atomic E-state index is -0.268. The summed E-state index contributed by atoms with van der Waals surface area (Å²) >= 11 is 0. The molecule has 0 saturated carbocycles. The molecule has 1 aliphatic heterocycles. The van der Waals surface area contributed by atoms with Crippen molar-refractivity contribution in [2.75, 3.05) is 19.6 Å². The van der Waals surface area contributed by atoms with Gasteiger partial charge < -0.3 is 11.1 Å². The molecule has 1 aromatic heterocycles. The molecule has 3 rings (SSSR count). The van der Waals surface area contributed by atoms with Gasteiger partial charge in [-0.1, -0.05) is 12.1 Å². The number of amides is 1. The van der Waals surface area contributed by atoms with Gasteiger partial charge >= 0.3 is 0 Å². The number of aromatic nitrogens is 2. The second kappa shape index (κ2) is 6.07. The Morgan fingerprint density at radius 1 is 1.38 bits per heavy atom. The summed E-state index contributed by atoms with van der Waals surface area (Å²) in [4.78, 5) is 13.6. The number of piperazine rings is 1. The molecular formula is C15H19N5O. The van der Waals surface area contributed by atoms with Gasteiger partial charge in [0.05, 0.1) is 5.69 Å². The maximum atomic E-state index is 11.5. The molecule has 2 aromatic rings. The molecule has 0 bridgehead atoms. The smallest absolute Gasteiger partial charge is 0.236 e. The fraction of sp³-hybridized carbons (Fsp3) is 0.333. The van der Waals surface area contributed by atoms with Crippen molar-refractivity contribution in [3.05, 3.63) is 48.3 Å². The average molecular weight is 285 g/mol. The molecule has 1 saturated heterocycles. The Bertz CT molecular complexity index is 593. The lowest BCUT2D eigenvalue weighted by atomic mass is 10.1. The van der Waals surface area contributed by atoms with Crippen LogP contribution in [0.15, 0.2) is 42.7 Å². The summed E-state index contributed by atoms with van der Waals surface area (Å²) in [5.74, 6) is -0.268. The second-order valence-electron chi connectivity index (χ2n) is 5.21. The Morgan fingerprint density at radius 3 is 2.86 bits per heavy atom. The molecule has 21 heavy (non-hydrogen) atoms. The van der Waals surface area contributed by atoms with Crippen molar-refractivity contribution in [3.8, 4) is 5.69 Å². The first-order valence-corrected chi connectivity index (χ1v) is 7.07. The number of carbonyl (C=O) groups excluding carboxylic acids is 1. The molecule has 6 nitrogen and oxygen atoms in total. The number of nitrogens with two attached hydrogens (primary N) is 1. The van der Waals surface area contributed by atoms with E-state index in [1.165, 1.54) is 5.56 Å². The van der Waals surface area contributed by atoms with E-state index in [2.05, 4.69) is 27.4 Å². The van der Waals surface area contributed by atoms with Crippen LogP contribution in [0.1, 0.15) is 5.56 Å². The normalized spacial score (nSPS) is 19.5. The summed E-state index contributed by atoms with van der Waals surface area (Å²) in [7, 11) is 0. The van der Waals surface area contributed by atoms with E-state index < -0.39 is 0 Å². The number of nitrogens with one attached hydrogen (secondary N) is 1. The summed E-state index contributed by atoms with van der Waals surface area (Å²) in [6.07, 6.45) is 3.67. The fourth-order valence-corrected chi connectivity index (χ4v) is 2.63. The molecule has 6 heteroatoms. The highest BCUT2D eigenvalue weighted by molar-refractivity contribution is 5.80. The van der Waals surface area contributed by atoms with Gasteiger partial charge in [-0.05, 0) is 23.8 Å². The Labute approximate surface area is 123 Å². The average Bonchev–Trinajstić information content (AvgIpc) is 3.03. The van der Waals surface area contributed by atoms with Crippen molar-refractivity contribution in [3.63, 3.8) is 0 Å². The third kappa shape index (κ3) is 3.12. The van der Waals surface area contributed by atoms with Gasteiger partial charge in [0.25, 0.3) is 0 Å². The molecule has 0 aliphatic carbocycles. The first-order chi connectivity index (χ1) is 10.2. The van der Waals surface area contributed by atoms with Crippen molar-refractivity contribution in [2.24, 2.45) is 5.73 Å². The molecule has 1 aromatic carbocycles. The monoisotopic (exact) mass is 285 g/mol. The third-order valence-corrected chi connectivity index (χ3v) is 3.77. The molecule has 0 radical (unpaired) electrons. The molecule has 1 fully saturated rings. The molecule has 110 valence electrons. The van der Waals surface area contributed by atoms with Crippen LogP contribution in [0.25, 0.3) is 5.69 Å². The van der Waals surface area contributed by atoms with Crippen molar-refractivity contribution in [2.45, 2.75) is 12.6 Å². The van der Waals surface area contributed by atoms with Gasteiger partial charge in [0.1, 0.15) is 6.04 Å². The largest absolute Gasteiger partial charge is 0.368 e. The molecule has 2 heterocycles. The molecule has 0 spiro atoms. The quantitative estimate of drug-likeness (QED) is 0.837. The number of rotatable bonds is 4. The number of benzene rings is 1. The lowest BCUT2D eigenvalue weighted by Gasteiger charge is -2.34. The topological polar surface area (TPSA) is 76.2 Å². The lowest BCUT2D eigenvalue weighted by Crippen LogP contribution is -2.56. The van der Waals surface area contributed by atoms with Crippen molar-refractivity contribution in [1.29, 1.82) is 0 Å². The van der Waals surface area contributed by atoms with Crippen LogP contribution in [0.3, 0.4) is 0 Å². The standard InChI is InChI=1S/C15H19N5O/c16-15(21)14-10-17-7-9-19(14)11-12-2-4-13(5-3-12)20-8-1-6-18-20/h1-6,8,14,17H,7,9-11H2,(H2,16,21). The number of primary amides is 1. The number of hydrogen-bond donors (Lipinski definition) is 2. The van der Waals surface area contributed by atoms with E-state index in [1.54, 1.807) is 6.20 Å². The zero-order valence-electron chi connectivity index (χ0n) is 11.8. The first kappa shape index (κ1) is 13.8. The summed E-state index contributed by atoms with van der Waals surface area (Å²) in [6, 6.07) is 9.86. The SMILES string of the molecule is NC(=O)C1CNCCN1Cc1ccc(-n2cccn2)cc1. The zero-order valence-corrected chi connectivity index (χ0v) is 11.8. The van der Waals surface area contributed by atoms with Gasteiger partial charge in [-0.25, -0.2) is 4.68 Å². The van der Waals surface area contributed by atoms with Gasteiger partial charge in [0.2, 0.25) is 5.91 Å². The highest BCUT2D eigenvalue weighted by Crippen LogP contribution is 2.13. The zero-order chi connectivity index (χ0) is 14.7. The van der Waals surface area contributed by atoms with Gasteiger partial charge in [0, 0.05) is 38.6 Å². The Morgan fingerprint density at radius 2 is 2.19 bits per heavy atom. The second-order valence-corrected chi connectivity index (χ2v) is 5.21. The molecular weight excluding hydrogens is 266 g/mol. The van der Waals surface area contributed by atoms with E-state index in [0.717, 1.165) is 25.3 Å². The van der Waals surface area contributed by atoms with E-state index in [4.69, 9.17) is 5.73 Å². The third-order valence-electron chi connectivity index (χ3n) is 3.77. The van der Waals surface area contributed by atoms with Crippen molar-refractivity contribution >= 4 is 5.91 Å². The van der Waals surface area contributed by atoms with Crippen LogP contribution in [-0.2, 0) is 11.3 Å². The number of hydrogen-bond acceptors (Lipinski definition) is 4. The first-order valence-electron chi connectivity index (χ1n) is 7.07. The van der Waals surface area contributed by atoms with Gasteiger partial charge in [-0.2, -0.15) is 5.10 Å². The van der Waals surface area contributed by atoms with Crippen LogP contribution >= 0.6 is 0 Å². The van der Waals surface area contributed by atoms with E-state index in [0.29, 0.717) is 6.54 Å². The number of carbonyl (C=O) groups is 1. The fourth-order valence-electron chi connectivity index (χ4n) is 2.63. The molecule has 1 aliphatic rings. The predicted molar refractivity (Wildman–Crippen MR) is 79.8 cm³/mol. The van der Waals surface area contributed by atoms with E-state index in [1.807, 2.05) is 29.1 Å². The van der Waals surface area contributed by atoms with Crippen molar-refractivity contribution < 1.29 is 4.79 Å². The van der Waals surface area contributed by atoms with Crippen molar-refractivity contribution in [1.82, 2.24) is 20.0 Å². The summed E-state index contributed by atoms with van der Waals surface area (Å²) in [5.41, 5.74) is 7.66. The summed E-state index contributed by atoms with van der Waals surface area (Å²) < 4.78 is 1.82. The minimum absolute atomic E-state index is 0.232. The van der Waals surface area contributed by atoms with E-state index >= 15 is 0 Å². The van der Waals surface area contributed by atoms with E-state index in [-0.39, 0.29) is 11.9 Å². The molecule has 1 amide bonds. The minimum Gasteiger partial charge on any atom is -0.368 e. The Hall–Kier alpha value is -2.18. The maximum absolute atomic E-state index is 11.5. The summed E-state index contributed by atoms with van der Waals surface area (Å²) in [5, 5.41) is 7.41. The predicted octanol–water partition coefficient (Wildman–Crippen LogP) is 0.131. The molecule has 1 unspecified atom stereocenters. The highest BCUT2D eigenvalue weighted by atomic mass is 16.1. The van der Waals surface area contributed by atoms with Crippen LogP contribution in [-0.4, -0.2) is 46.3 Å². The Kier molecular flexibility index (Phi) is 3.98. The van der Waals surface area contributed by atoms with Crippen LogP contribution < -0.4 is 11.1 Å². The van der Waals surface area contributed by atoms with Gasteiger partial charge in [0.15, 0.2) is 0 Å². The van der Waals surface area contributed by atoms with Crippen LogP contribution in [0.5, 0.6) is 0 Å². The molecule has 3 N–H and O–H groups in total. The highest BCUT2D eigenvalue weighted by Gasteiger charge is 2.26. The Balaban J connectivity index is 1.71. The van der Waals surface area contributed by atoms with Crippen LogP contribution in [0.2, 0.25) is 0 Å². The lowest BCUT2D eigenvalue weighted by molar-refractivity contribution is -0.124. The maximum Gasteiger partial charge on any atom is 0.236 e. The van der Waals surface area contributed by atoms with Gasteiger partial charge in [-0.15, -0.1) is 0 Å². The van der Waals surface area contributed by atoms with Gasteiger partial charge in [-0.3, -0.25) is 9.69 Å². The summed E-state index contributed by atoms with van der Waals surface area (Å²) in [6.45, 7) is 3.07. The number of nitrogens with zero attached hydrogens (tertiary/aromatic N) is 3. The molecule has 1 atom stereocenters. The van der Waals surface area contributed by atoms with Crippen LogP contribution in [0.4, 0.5) is 0 Å².